The molecular formula is C23H29N3O4S. The van der Waals surface area contributed by atoms with Crippen molar-refractivity contribution in [2.75, 3.05) is 18.8 Å². The van der Waals surface area contributed by atoms with Crippen LogP contribution in [0.4, 0.5) is 5.69 Å². The summed E-state index contributed by atoms with van der Waals surface area (Å²) in [6, 6.07) is 15.6. The van der Waals surface area contributed by atoms with Gasteiger partial charge in [0.2, 0.25) is 11.8 Å². The summed E-state index contributed by atoms with van der Waals surface area (Å²) < 4.78 is 0. The van der Waals surface area contributed by atoms with Crippen LogP contribution < -0.4 is 5.32 Å². The molecule has 2 rings (SSSR count). The van der Waals surface area contributed by atoms with Crippen LogP contribution in [0.2, 0.25) is 0 Å². The normalized spacial score (nSPS) is 11.5. The lowest BCUT2D eigenvalue weighted by Crippen LogP contribution is -2.49. The fraction of sp³-hybridized carbons (Fsp3) is 0.391. The number of thioether (sulfide) groups is 1. The maximum absolute atomic E-state index is 13.0. The van der Waals surface area contributed by atoms with Crippen molar-refractivity contribution in [1.82, 2.24) is 10.2 Å². The first kappa shape index (κ1) is 24.4. The van der Waals surface area contributed by atoms with E-state index in [0.29, 0.717) is 25.3 Å². The summed E-state index contributed by atoms with van der Waals surface area (Å²) in [7, 11) is 0. The highest BCUT2D eigenvalue weighted by molar-refractivity contribution is 7.99. The maximum Gasteiger partial charge on any atom is 0.269 e. The Morgan fingerprint density at radius 2 is 1.77 bits per heavy atom. The number of nitrogens with one attached hydrogen (secondary N) is 1. The molecule has 31 heavy (non-hydrogen) atoms. The Morgan fingerprint density at radius 3 is 2.39 bits per heavy atom. The van der Waals surface area contributed by atoms with E-state index in [-0.39, 0.29) is 23.3 Å². The van der Waals surface area contributed by atoms with Gasteiger partial charge in [-0.05, 0) is 30.9 Å². The third-order valence-corrected chi connectivity index (χ3v) is 5.83. The van der Waals surface area contributed by atoms with Crippen LogP contribution in [0.25, 0.3) is 0 Å². The monoisotopic (exact) mass is 443 g/mol. The van der Waals surface area contributed by atoms with Crippen molar-refractivity contribution in [3.8, 4) is 0 Å². The summed E-state index contributed by atoms with van der Waals surface area (Å²) in [6.45, 7) is 4.79. The Kier molecular flexibility index (Phi) is 10.0. The maximum atomic E-state index is 13.0. The van der Waals surface area contributed by atoms with Crippen LogP contribution in [-0.2, 0) is 21.8 Å². The first-order valence-corrected chi connectivity index (χ1v) is 11.5. The van der Waals surface area contributed by atoms with Crippen molar-refractivity contribution in [2.45, 2.75) is 38.5 Å². The molecule has 2 aromatic rings. The number of benzene rings is 2. The highest BCUT2D eigenvalue weighted by atomic mass is 32.2. The van der Waals surface area contributed by atoms with Gasteiger partial charge in [0.15, 0.2) is 0 Å². The van der Waals surface area contributed by atoms with Gasteiger partial charge in [0.25, 0.3) is 5.69 Å². The largest absolute Gasteiger partial charge is 0.354 e. The van der Waals surface area contributed by atoms with Crippen LogP contribution in [0.3, 0.4) is 0 Å². The quantitative estimate of drug-likeness (QED) is 0.398. The van der Waals surface area contributed by atoms with E-state index in [4.69, 9.17) is 0 Å². The highest BCUT2D eigenvalue weighted by Crippen LogP contribution is 2.18. The number of hydrogen-bond donors (Lipinski definition) is 1. The summed E-state index contributed by atoms with van der Waals surface area (Å²) in [5.41, 5.74) is 2.07. The van der Waals surface area contributed by atoms with Crippen LogP contribution >= 0.6 is 11.8 Å². The molecule has 166 valence electrons. The van der Waals surface area contributed by atoms with Crippen LogP contribution in [0.1, 0.15) is 31.4 Å². The molecule has 1 atom stereocenters. The van der Waals surface area contributed by atoms with Gasteiger partial charge >= 0.3 is 0 Å². The topological polar surface area (TPSA) is 92.6 Å². The number of carbonyl (C=O) groups excluding carboxylic acids is 2. The van der Waals surface area contributed by atoms with Crippen LogP contribution in [-0.4, -0.2) is 46.5 Å². The predicted octanol–water partition coefficient (Wildman–Crippen LogP) is 3.81. The number of amides is 2. The molecule has 0 radical (unpaired) electrons. The van der Waals surface area contributed by atoms with Crippen molar-refractivity contribution in [2.24, 2.45) is 0 Å². The van der Waals surface area contributed by atoms with Crippen molar-refractivity contribution in [1.29, 1.82) is 0 Å². The zero-order chi connectivity index (χ0) is 22.6. The van der Waals surface area contributed by atoms with Gasteiger partial charge in [-0.15, -0.1) is 11.8 Å². The van der Waals surface area contributed by atoms with E-state index < -0.39 is 11.0 Å². The van der Waals surface area contributed by atoms with E-state index >= 15 is 0 Å². The molecule has 0 spiro atoms. The SMILES string of the molecule is CCCNC(=O)C(C)N(CCc1ccccc1)C(=O)CSCc1ccc([N+](=O)[O-])cc1. The highest BCUT2D eigenvalue weighted by Gasteiger charge is 2.25. The van der Waals surface area contributed by atoms with Gasteiger partial charge in [0.05, 0.1) is 10.7 Å². The number of rotatable bonds is 12. The van der Waals surface area contributed by atoms with Gasteiger partial charge in [0.1, 0.15) is 6.04 Å². The summed E-state index contributed by atoms with van der Waals surface area (Å²) in [4.78, 5) is 37.4. The van der Waals surface area contributed by atoms with Gasteiger partial charge in [0, 0.05) is 31.0 Å². The zero-order valence-electron chi connectivity index (χ0n) is 18.0. The lowest BCUT2D eigenvalue weighted by Gasteiger charge is -2.28. The molecular weight excluding hydrogens is 414 g/mol. The first-order valence-electron chi connectivity index (χ1n) is 10.3. The van der Waals surface area contributed by atoms with Crippen LogP contribution in [0, 0.1) is 10.1 Å². The Balaban J connectivity index is 1.96. The molecule has 8 heteroatoms. The summed E-state index contributed by atoms with van der Waals surface area (Å²) in [5.74, 6) is 0.551. The van der Waals surface area contributed by atoms with Crippen LogP contribution in [0.5, 0.6) is 0 Å². The molecule has 7 nitrogen and oxygen atoms in total. The standard InChI is InChI=1S/C23H29N3O4S/c1-3-14-24-23(28)18(2)25(15-13-19-7-5-4-6-8-19)22(27)17-31-16-20-9-11-21(12-10-20)26(29)30/h4-12,18H,3,13-17H2,1-2H3,(H,24,28). The second-order valence-corrected chi connectivity index (χ2v) is 8.19. The summed E-state index contributed by atoms with van der Waals surface area (Å²) >= 11 is 1.43. The number of carbonyl (C=O) groups is 2. The molecule has 1 unspecified atom stereocenters. The second-order valence-electron chi connectivity index (χ2n) is 7.21. The van der Waals surface area contributed by atoms with E-state index in [1.54, 1.807) is 24.0 Å². The van der Waals surface area contributed by atoms with Crippen LogP contribution in [0.15, 0.2) is 54.6 Å². The Morgan fingerprint density at radius 1 is 1.10 bits per heavy atom. The number of hydrogen-bond acceptors (Lipinski definition) is 5. The van der Waals surface area contributed by atoms with Gasteiger partial charge in [-0.25, -0.2) is 0 Å². The number of non-ortho nitro benzene ring substituents is 1. The van der Waals surface area contributed by atoms with Crippen molar-refractivity contribution < 1.29 is 14.5 Å². The van der Waals surface area contributed by atoms with E-state index in [2.05, 4.69) is 5.32 Å². The minimum absolute atomic E-state index is 0.0452. The lowest BCUT2D eigenvalue weighted by molar-refractivity contribution is -0.384. The number of nitro benzene ring substituents is 1. The molecule has 0 saturated carbocycles. The third-order valence-electron chi connectivity index (χ3n) is 4.84. The zero-order valence-corrected chi connectivity index (χ0v) is 18.8. The second kappa shape index (κ2) is 12.7. The average molecular weight is 444 g/mol. The molecule has 2 aromatic carbocycles. The molecule has 0 fully saturated rings. The molecule has 0 aliphatic heterocycles. The van der Waals surface area contributed by atoms with E-state index in [1.807, 2.05) is 37.3 Å². The minimum atomic E-state index is -0.553. The lowest BCUT2D eigenvalue weighted by atomic mass is 10.1. The van der Waals surface area contributed by atoms with Gasteiger partial charge in [-0.1, -0.05) is 49.4 Å². The van der Waals surface area contributed by atoms with Crippen molar-refractivity contribution in [3.63, 3.8) is 0 Å². The summed E-state index contributed by atoms with van der Waals surface area (Å²) in [5, 5.41) is 13.6. The molecule has 0 aromatic heterocycles. The molecule has 2 amide bonds. The first-order chi connectivity index (χ1) is 14.9. The minimum Gasteiger partial charge on any atom is -0.354 e. The Bertz CT molecular complexity index is 859. The van der Waals surface area contributed by atoms with Crippen molar-refractivity contribution >= 4 is 29.3 Å². The van der Waals surface area contributed by atoms with E-state index in [9.17, 15) is 19.7 Å². The van der Waals surface area contributed by atoms with E-state index in [0.717, 1.165) is 17.5 Å². The predicted molar refractivity (Wildman–Crippen MR) is 124 cm³/mol. The molecule has 0 saturated heterocycles. The molecule has 0 heterocycles. The Labute approximate surface area is 187 Å². The fourth-order valence-corrected chi connectivity index (χ4v) is 3.89. The average Bonchev–Trinajstić information content (AvgIpc) is 2.78. The van der Waals surface area contributed by atoms with Gasteiger partial charge < -0.3 is 10.2 Å². The smallest absolute Gasteiger partial charge is 0.269 e. The molecule has 0 aliphatic rings. The number of nitrogens with zero attached hydrogens (tertiary/aromatic N) is 2. The van der Waals surface area contributed by atoms with E-state index in [1.165, 1.54) is 23.9 Å². The van der Waals surface area contributed by atoms with Gasteiger partial charge in [-0.3, -0.25) is 19.7 Å². The molecule has 1 N–H and O–H groups in total. The fourth-order valence-electron chi connectivity index (χ4n) is 3.02. The third kappa shape index (κ3) is 8.05. The Hall–Kier alpha value is -2.87. The summed E-state index contributed by atoms with van der Waals surface area (Å²) in [6.07, 6.45) is 1.51. The molecule has 0 bridgehead atoms. The van der Waals surface area contributed by atoms with Gasteiger partial charge in [-0.2, -0.15) is 0 Å². The number of nitro groups is 1. The molecule has 0 aliphatic carbocycles. The van der Waals surface area contributed by atoms with Crippen molar-refractivity contribution in [3.05, 3.63) is 75.8 Å².